The van der Waals surface area contributed by atoms with Gasteiger partial charge in [0.2, 0.25) is 0 Å². The Morgan fingerprint density at radius 3 is 1.64 bits per heavy atom. The molecule has 196 valence electrons. The summed E-state index contributed by atoms with van der Waals surface area (Å²) in [7, 11) is 0. The number of hydrogen-bond donors (Lipinski definition) is 0. The summed E-state index contributed by atoms with van der Waals surface area (Å²) in [6.07, 6.45) is 0. The molecule has 0 saturated heterocycles. The Balaban J connectivity index is 1.32. The van der Waals surface area contributed by atoms with Crippen LogP contribution >= 0.6 is 0 Å². The van der Waals surface area contributed by atoms with E-state index < -0.39 is 24.2 Å². The average molecular weight is 545 g/mol. The molecule has 0 unspecified atom stereocenters. The first kappa shape index (κ1) is 16.6. The number of para-hydroxylation sites is 1. The highest BCUT2D eigenvalue weighted by atomic mass is 16.3. The number of benzene rings is 7. The third-order valence-corrected chi connectivity index (χ3v) is 7.91. The maximum Gasteiger partial charge on any atom is 0.139 e. The van der Waals surface area contributed by atoms with Crippen molar-refractivity contribution in [2.75, 3.05) is 0 Å². The fraction of sp³-hybridized carbons (Fsp3) is 0. The molecule has 0 bridgehead atoms. The molecule has 2 aromatic heterocycles. The van der Waals surface area contributed by atoms with Crippen LogP contribution in [0.1, 0.15) is 11.0 Å². The Kier molecular flexibility index (Phi) is 3.54. The second-order valence-corrected chi connectivity index (χ2v) is 10.3. The molecular formula is C40H24O2. The molecular weight excluding hydrogens is 512 g/mol. The van der Waals surface area contributed by atoms with E-state index in [1.165, 1.54) is 0 Å². The van der Waals surface area contributed by atoms with Crippen LogP contribution in [0.15, 0.2) is 154 Å². The minimum absolute atomic E-state index is 0.179. The molecule has 0 spiro atoms. The van der Waals surface area contributed by atoms with Gasteiger partial charge >= 0.3 is 0 Å². The van der Waals surface area contributed by atoms with Crippen LogP contribution in [0.25, 0.3) is 88.0 Å². The highest BCUT2D eigenvalue weighted by Crippen LogP contribution is 2.44. The lowest BCUT2D eigenvalue weighted by molar-refractivity contribution is 0.628. The molecule has 2 heteroatoms. The van der Waals surface area contributed by atoms with E-state index in [-0.39, 0.29) is 45.7 Å². The Hall–Kier alpha value is -5.60. The van der Waals surface area contributed by atoms with E-state index in [1.807, 2.05) is 60.7 Å². The van der Waals surface area contributed by atoms with Crippen molar-refractivity contribution in [1.82, 2.24) is 0 Å². The minimum atomic E-state index is -0.430. The SMILES string of the molecule is [2H]c1c([2H])c([2H])c2c(-c3ccc(-c4cc5cc6c(cc5o4)oc4ccccc46)cc3)c3c([2H])c([2H])c([2H])c([2H])c3c(-c3ccccc3)c2c1[2H]. The van der Waals surface area contributed by atoms with Crippen LogP contribution in [0.2, 0.25) is 0 Å². The number of rotatable bonds is 3. The van der Waals surface area contributed by atoms with E-state index in [0.717, 1.165) is 32.9 Å². The molecule has 0 radical (unpaired) electrons. The quantitative estimate of drug-likeness (QED) is 0.207. The summed E-state index contributed by atoms with van der Waals surface area (Å²) in [6.45, 7) is 0. The van der Waals surface area contributed by atoms with Crippen LogP contribution in [0.3, 0.4) is 0 Å². The summed E-state index contributed by atoms with van der Waals surface area (Å²) < 4.78 is 83.0. The standard InChI is InChI=1S/C40H24O2/c1-2-10-26(11-3-1)39-30-13-4-6-15-32(30)40(33-16-7-5-14-31(33)39)27-20-18-25(19-21-27)36-23-28-22-34-29-12-8-9-17-35(29)41-38(34)24-37(28)42-36/h1-24H/i4D,5D,6D,7D,13D,14D,15D,16D. The van der Waals surface area contributed by atoms with Crippen LogP contribution in [0, 0.1) is 0 Å². The van der Waals surface area contributed by atoms with E-state index in [2.05, 4.69) is 0 Å². The summed E-state index contributed by atoms with van der Waals surface area (Å²) in [5.74, 6) is 0.612. The Morgan fingerprint density at radius 2 is 0.976 bits per heavy atom. The van der Waals surface area contributed by atoms with Crippen LogP contribution < -0.4 is 0 Å². The Morgan fingerprint density at radius 1 is 0.405 bits per heavy atom. The first-order chi connectivity index (χ1) is 24.1. The van der Waals surface area contributed by atoms with Gasteiger partial charge in [-0.05, 0) is 62.0 Å². The van der Waals surface area contributed by atoms with Gasteiger partial charge in [0.25, 0.3) is 0 Å². The minimum Gasteiger partial charge on any atom is -0.456 e. The second-order valence-electron chi connectivity index (χ2n) is 10.3. The fourth-order valence-corrected chi connectivity index (χ4v) is 6.01. The molecule has 0 fully saturated rings. The van der Waals surface area contributed by atoms with Gasteiger partial charge in [-0.2, -0.15) is 0 Å². The summed E-state index contributed by atoms with van der Waals surface area (Å²) in [5.41, 5.74) is 4.68. The van der Waals surface area contributed by atoms with E-state index in [1.54, 1.807) is 36.4 Å². The van der Waals surface area contributed by atoms with E-state index in [9.17, 15) is 0 Å². The molecule has 0 atom stereocenters. The third-order valence-electron chi connectivity index (χ3n) is 7.91. The predicted octanol–water partition coefficient (Wildman–Crippen LogP) is 11.6. The predicted molar refractivity (Wildman–Crippen MR) is 175 cm³/mol. The zero-order valence-corrected chi connectivity index (χ0v) is 22.1. The van der Waals surface area contributed by atoms with Gasteiger partial charge in [-0.15, -0.1) is 0 Å². The van der Waals surface area contributed by atoms with Gasteiger partial charge in [-0.1, -0.05) is 121 Å². The zero-order valence-electron chi connectivity index (χ0n) is 30.1. The zero-order chi connectivity index (χ0) is 34.6. The molecule has 0 aliphatic rings. The monoisotopic (exact) mass is 544 g/mol. The molecule has 0 saturated carbocycles. The smallest absolute Gasteiger partial charge is 0.139 e. The maximum atomic E-state index is 9.10. The normalized spacial score (nSPS) is 14.5. The molecule has 0 amide bonds. The lowest BCUT2D eigenvalue weighted by atomic mass is 9.86. The largest absolute Gasteiger partial charge is 0.456 e. The summed E-state index contributed by atoms with van der Waals surface area (Å²) >= 11 is 0. The fourth-order valence-electron chi connectivity index (χ4n) is 6.01. The number of furan rings is 2. The highest BCUT2D eigenvalue weighted by molar-refractivity contribution is 6.21. The molecule has 2 nitrogen and oxygen atoms in total. The van der Waals surface area contributed by atoms with E-state index in [0.29, 0.717) is 33.6 Å². The highest BCUT2D eigenvalue weighted by Gasteiger charge is 2.17. The van der Waals surface area contributed by atoms with E-state index >= 15 is 0 Å². The van der Waals surface area contributed by atoms with Gasteiger partial charge in [0, 0.05) is 27.8 Å². The maximum absolute atomic E-state index is 9.10. The second kappa shape index (κ2) is 8.95. The molecule has 0 N–H and O–H groups in total. The van der Waals surface area contributed by atoms with Crippen LogP contribution in [0.4, 0.5) is 0 Å². The third kappa shape index (κ3) is 3.45. The van der Waals surface area contributed by atoms with Gasteiger partial charge in [0.05, 0.1) is 11.0 Å². The van der Waals surface area contributed by atoms with Gasteiger partial charge in [0.15, 0.2) is 0 Å². The van der Waals surface area contributed by atoms with Crippen molar-refractivity contribution >= 4 is 54.5 Å². The van der Waals surface area contributed by atoms with Crippen molar-refractivity contribution in [3.63, 3.8) is 0 Å². The first-order valence-corrected chi connectivity index (χ1v) is 13.6. The van der Waals surface area contributed by atoms with Crippen molar-refractivity contribution in [2.45, 2.75) is 0 Å². The lowest BCUT2D eigenvalue weighted by Gasteiger charge is -2.17. The number of hydrogen-bond acceptors (Lipinski definition) is 2. The molecule has 2 heterocycles. The van der Waals surface area contributed by atoms with Crippen molar-refractivity contribution in [2.24, 2.45) is 0 Å². The van der Waals surface area contributed by atoms with Crippen molar-refractivity contribution in [1.29, 1.82) is 0 Å². The van der Waals surface area contributed by atoms with Gasteiger partial charge in [-0.25, -0.2) is 0 Å². The van der Waals surface area contributed by atoms with Gasteiger partial charge < -0.3 is 8.83 Å². The molecule has 0 aliphatic heterocycles. The van der Waals surface area contributed by atoms with Crippen LogP contribution in [-0.2, 0) is 0 Å². The van der Waals surface area contributed by atoms with Crippen molar-refractivity contribution in [3.8, 4) is 33.6 Å². The topological polar surface area (TPSA) is 26.3 Å². The average Bonchev–Trinajstić information content (AvgIpc) is 3.73. The Bertz CT molecular complexity index is 2810. The molecule has 9 aromatic rings. The van der Waals surface area contributed by atoms with Crippen molar-refractivity contribution in [3.05, 3.63) is 145 Å². The lowest BCUT2D eigenvalue weighted by Crippen LogP contribution is -1.90. The molecule has 7 aromatic carbocycles. The van der Waals surface area contributed by atoms with Crippen LogP contribution in [-0.4, -0.2) is 0 Å². The van der Waals surface area contributed by atoms with Crippen molar-refractivity contribution < 1.29 is 19.8 Å². The van der Waals surface area contributed by atoms with Gasteiger partial charge in [0.1, 0.15) is 22.5 Å². The molecule has 42 heavy (non-hydrogen) atoms. The summed E-state index contributed by atoms with van der Waals surface area (Å²) in [6, 6.07) is 27.1. The summed E-state index contributed by atoms with van der Waals surface area (Å²) in [4.78, 5) is 0. The first-order valence-electron chi connectivity index (χ1n) is 17.6. The van der Waals surface area contributed by atoms with E-state index in [4.69, 9.17) is 19.8 Å². The van der Waals surface area contributed by atoms with Gasteiger partial charge in [-0.3, -0.25) is 0 Å². The molecule has 0 aliphatic carbocycles. The Labute approximate surface area is 253 Å². The van der Waals surface area contributed by atoms with Crippen LogP contribution in [0.5, 0.6) is 0 Å². The molecule has 9 rings (SSSR count). The number of fused-ring (bicyclic) bond motifs is 6. The summed E-state index contributed by atoms with van der Waals surface area (Å²) in [5, 5.41) is 3.65.